The number of benzene rings is 1. The molecule has 1 aromatic carbocycles. The highest BCUT2D eigenvalue weighted by atomic mass is 16.2. The van der Waals surface area contributed by atoms with Crippen LogP contribution in [0.3, 0.4) is 0 Å². The van der Waals surface area contributed by atoms with E-state index in [2.05, 4.69) is 31.3 Å². The van der Waals surface area contributed by atoms with Crippen LogP contribution in [0.25, 0.3) is 0 Å². The molecule has 0 spiro atoms. The molecule has 0 bridgehead atoms. The van der Waals surface area contributed by atoms with Crippen LogP contribution >= 0.6 is 0 Å². The van der Waals surface area contributed by atoms with Gasteiger partial charge in [-0.15, -0.1) is 0 Å². The number of hydrogen-bond acceptors (Lipinski definition) is 3. The van der Waals surface area contributed by atoms with Gasteiger partial charge < -0.3 is 5.32 Å². The second-order valence-corrected chi connectivity index (χ2v) is 5.68. The fourth-order valence-electron chi connectivity index (χ4n) is 2.28. The Kier molecular flexibility index (Phi) is 3.71. The molecule has 2 rings (SSSR count). The molecule has 1 unspecified atom stereocenters. The summed E-state index contributed by atoms with van der Waals surface area (Å²) in [6, 6.07) is 9.79. The third kappa shape index (κ3) is 2.84. The minimum absolute atomic E-state index is 0.0776. The number of likely N-dealkylation sites (N-methyl/N-ethyl adjacent to an activating group) is 1. The Labute approximate surface area is 113 Å². The fourth-order valence-corrected chi connectivity index (χ4v) is 2.28. The summed E-state index contributed by atoms with van der Waals surface area (Å²) in [6.07, 6.45) is 0.264. The molecule has 1 atom stereocenters. The Bertz CT molecular complexity index is 482. The van der Waals surface area contributed by atoms with Crippen molar-refractivity contribution in [2.45, 2.75) is 31.7 Å². The van der Waals surface area contributed by atoms with Crippen molar-refractivity contribution in [1.29, 1.82) is 0 Å². The van der Waals surface area contributed by atoms with Crippen molar-refractivity contribution in [2.24, 2.45) is 0 Å². The lowest BCUT2D eigenvalue weighted by Crippen LogP contribution is -2.43. The van der Waals surface area contributed by atoms with Crippen molar-refractivity contribution < 1.29 is 9.59 Å². The SMILES string of the molecule is CN1C(=O)CC(NCC(C)(C)c2ccccc2)C1=O. The van der Waals surface area contributed by atoms with Gasteiger partial charge in [0.15, 0.2) is 0 Å². The number of nitrogens with one attached hydrogen (secondary N) is 1. The normalized spacial score (nSPS) is 20.2. The molecule has 1 aliphatic rings. The minimum Gasteiger partial charge on any atom is -0.305 e. The Morgan fingerprint density at radius 3 is 2.42 bits per heavy atom. The van der Waals surface area contributed by atoms with Gasteiger partial charge in [0.05, 0.1) is 12.5 Å². The maximum atomic E-state index is 11.8. The van der Waals surface area contributed by atoms with Crippen LogP contribution in [-0.2, 0) is 15.0 Å². The minimum atomic E-state index is -0.375. The highest BCUT2D eigenvalue weighted by Gasteiger charge is 2.36. The van der Waals surface area contributed by atoms with Gasteiger partial charge in [0.25, 0.3) is 0 Å². The average Bonchev–Trinajstić information content (AvgIpc) is 2.65. The molecule has 4 heteroatoms. The van der Waals surface area contributed by atoms with Crippen molar-refractivity contribution >= 4 is 11.8 Å². The first kappa shape index (κ1) is 13.7. The summed E-state index contributed by atoms with van der Waals surface area (Å²) >= 11 is 0. The Hall–Kier alpha value is -1.68. The first-order valence-corrected chi connectivity index (χ1v) is 6.51. The molecule has 0 aliphatic carbocycles. The second-order valence-electron chi connectivity index (χ2n) is 5.68. The molecule has 1 aromatic rings. The van der Waals surface area contributed by atoms with E-state index in [9.17, 15) is 9.59 Å². The van der Waals surface area contributed by atoms with Crippen molar-refractivity contribution in [2.75, 3.05) is 13.6 Å². The highest BCUT2D eigenvalue weighted by molar-refractivity contribution is 6.05. The lowest BCUT2D eigenvalue weighted by molar-refractivity contribution is -0.137. The van der Waals surface area contributed by atoms with Crippen LogP contribution in [0.4, 0.5) is 0 Å². The lowest BCUT2D eigenvalue weighted by Gasteiger charge is -2.27. The third-order valence-electron chi connectivity index (χ3n) is 3.73. The zero-order valence-electron chi connectivity index (χ0n) is 11.6. The van der Waals surface area contributed by atoms with Gasteiger partial charge >= 0.3 is 0 Å². The van der Waals surface area contributed by atoms with Crippen molar-refractivity contribution in [3.63, 3.8) is 0 Å². The molecule has 1 fully saturated rings. The quantitative estimate of drug-likeness (QED) is 0.830. The molecule has 1 heterocycles. The van der Waals surface area contributed by atoms with Gasteiger partial charge in [-0.25, -0.2) is 0 Å². The Morgan fingerprint density at radius 1 is 1.26 bits per heavy atom. The van der Waals surface area contributed by atoms with Crippen LogP contribution in [0.2, 0.25) is 0 Å². The van der Waals surface area contributed by atoms with E-state index in [4.69, 9.17) is 0 Å². The fraction of sp³-hybridized carbons (Fsp3) is 0.467. The summed E-state index contributed by atoms with van der Waals surface area (Å²) in [4.78, 5) is 24.5. The summed E-state index contributed by atoms with van der Waals surface area (Å²) in [5.74, 6) is -0.242. The number of imide groups is 1. The summed E-state index contributed by atoms with van der Waals surface area (Å²) in [5.41, 5.74) is 1.14. The summed E-state index contributed by atoms with van der Waals surface area (Å²) in [6.45, 7) is 4.91. The molecular formula is C15H20N2O2. The Morgan fingerprint density at radius 2 is 1.89 bits per heavy atom. The van der Waals surface area contributed by atoms with Crippen LogP contribution in [0, 0.1) is 0 Å². The van der Waals surface area contributed by atoms with Gasteiger partial charge in [-0.1, -0.05) is 44.2 Å². The lowest BCUT2D eigenvalue weighted by atomic mass is 9.84. The van der Waals surface area contributed by atoms with Crippen LogP contribution in [0.15, 0.2) is 30.3 Å². The van der Waals surface area contributed by atoms with Gasteiger partial charge in [-0.05, 0) is 5.56 Å². The zero-order valence-corrected chi connectivity index (χ0v) is 11.6. The summed E-state index contributed by atoms with van der Waals surface area (Å²) in [5, 5.41) is 3.22. The van der Waals surface area contributed by atoms with Gasteiger partial charge in [0.1, 0.15) is 0 Å². The molecule has 1 aliphatic heterocycles. The molecule has 2 amide bonds. The van der Waals surface area contributed by atoms with Gasteiger partial charge in [0, 0.05) is 19.0 Å². The van der Waals surface area contributed by atoms with Gasteiger partial charge in [-0.3, -0.25) is 14.5 Å². The van der Waals surface area contributed by atoms with E-state index in [1.165, 1.54) is 17.5 Å². The van der Waals surface area contributed by atoms with Gasteiger partial charge in [0.2, 0.25) is 11.8 Å². The molecular weight excluding hydrogens is 240 g/mol. The Balaban J connectivity index is 1.99. The number of hydrogen-bond donors (Lipinski definition) is 1. The molecule has 1 N–H and O–H groups in total. The van der Waals surface area contributed by atoms with E-state index in [1.54, 1.807) is 0 Å². The van der Waals surface area contributed by atoms with Crippen molar-refractivity contribution in [3.8, 4) is 0 Å². The first-order valence-electron chi connectivity index (χ1n) is 6.51. The van der Waals surface area contributed by atoms with Crippen molar-refractivity contribution in [3.05, 3.63) is 35.9 Å². The van der Waals surface area contributed by atoms with E-state index >= 15 is 0 Å². The summed E-state index contributed by atoms with van der Waals surface area (Å²) in [7, 11) is 1.54. The number of carbonyl (C=O) groups is 2. The number of likely N-dealkylation sites (tertiary alicyclic amines) is 1. The smallest absolute Gasteiger partial charge is 0.246 e. The number of carbonyl (C=O) groups excluding carboxylic acids is 2. The standard InChI is InChI=1S/C15H20N2O2/c1-15(2,11-7-5-4-6-8-11)10-16-12-9-13(18)17(3)14(12)19/h4-8,12,16H,9-10H2,1-3H3. The van der Waals surface area contributed by atoms with Crippen LogP contribution in [-0.4, -0.2) is 36.3 Å². The second kappa shape index (κ2) is 5.13. The number of amides is 2. The largest absolute Gasteiger partial charge is 0.305 e. The van der Waals surface area contributed by atoms with Crippen LogP contribution in [0.1, 0.15) is 25.8 Å². The van der Waals surface area contributed by atoms with Crippen molar-refractivity contribution in [1.82, 2.24) is 10.2 Å². The molecule has 0 aromatic heterocycles. The topological polar surface area (TPSA) is 49.4 Å². The van der Waals surface area contributed by atoms with E-state index in [0.717, 1.165) is 0 Å². The predicted molar refractivity (Wildman–Crippen MR) is 73.7 cm³/mol. The molecule has 0 saturated carbocycles. The number of nitrogens with zero attached hydrogens (tertiary/aromatic N) is 1. The first-order chi connectivity index (χ1) is 8.92. The molecule has 4 nitrogen and oxygen atoms in total. The molecule has 1 saturated heterocycles. The molecule has 0 radical (unpaired) electrons. The maximum absolute atomic E-state index is 11.8. The predicted octanol–water partition coefficient (Wildman–Crippen LogP) is 1.31. The third-order valence-corrected chi connectivity index (χ3v) is 3.73. The average molecular weight is 260 g/mol. The van der Waals surface area contributed by atoms with E-state index in [1.807, 2.05) is 18.2 Å². The van der Waals surface area contributed by atoms with Crippen LogP contribution < -0.4 is 5.32 Å². The maximum Gasteiger partial charge on any atom is 0.246 e. The molecule has 102 valence electrons. The zero-order chi connectivity index (χ0) is 14.0. The number of rotatable bonds is 4. The van der Waals surface area contributed by atoms with Crippen LogP contribution in [0.5, 0.6) is 0 Å². The van der Waals surface area contributed by atoms with E-state index in [0.29, 0.717) is 6.54 Å². The summed E-state index contributed by atoms with van der Waals surface area (Å²) < 4.78 is 0. The monoisotopic (exact) mass is 260 g/mol. The van der Waals surface area contributed by atoms with E-state index < -0.39 is 0 Å². The highest BCUT2D eigenvalue weighted by Crippen LogP contribution is 2.22. The van der Waals surface area contributed by atoms with Gasteiger partial charge in [-0.2, -0.15) is 0 Å². The van der Waals surface area contributed by atoms with E-state index in [-0.39, 0.29) is 29.7 Å². The molecule has 19 heavy (non-hydrogen) atoms.